The lowest BCUT2D eigenvalue weighted by Gasteiger charge is -2.22. The third-order valence-electron chi connectivity index (χ3n) is 3.10. The van der Waals surface area contributed by atoms with Crippen LogP contribution in [-0.2, 0) is 4.74 Å². The van der Waals surface area contributed by atoms with E-state index in [1.54, 1.807) is 0 Å². The van der Waals surface area contributed by atoms with Gasteiger partial charge in [-0.1, -0.05) is 0 Å². The van der Waals surface area contributed by atoms with Gasteiger partial charge >= 0.3 is 0 Å². The highest BCUT2D eigenvalue weighted by Gasteiger charge is 2.16. The minimum Gasteiger partial charge on any atom is -0.494 e. The molecule has 0 bridgehead atoms. The number of halogens is 1. The molecule has 1 aromatic carbocycles. The first-order valence-corrected chi connectivity index (χ1v) is 6.04. The first-order chi connectivity index (χ1) is 8.70. The van der Waals surface area contributed by atoms with Gasteiger partial charge in [-0.15, -0.1) is 0 Å². The lowest BCUT2D eigenvalue weighted by atomic mass is 10.0. The summed E-state index contributed by atoms with van der Waals surface area (Å²) in [5.41, 5.74) is 6.01. The molecule has 0 aromatic heterocycles. The topological polar surface area (TPSA) is 53.7 Å². The molecule has 1 fully saturated rings. The predicted octanol–water partition coefficient (Wildman–Crippen LogP) is 2.22. The van der Waals surface area contributed by atoms with Crippen molar-refractivity contribution in [3.05, 3.63) is 17.9 Å². The largest absolute Gasteiger partial charge is 0.494 e. The lowest BCUT2D eigenvalue weighted by molar-refractivity contribution is 0.0498. The van der Waals surface area contributed by atoms with E-state index in [1.165, 1.54) is 19.2 Å². The van der Waals surface area contributed by atoms with Gasteiger partial charge in [0.1, 0.15) is 5.75 Å². The Kier molecular flexibility index (Phi) is 4.25. The monoisotopic (exact) mass is 255 g/mol. The van der Waals surface area contributed by atoms with Crippen molar-refractivity contribution in [2.45, 2.75) is 12.8 Å². The molecule has 0 amide bonds. The molecule has 1 saturated heterocycles. The Labute approximate surface area is 106 Å². The highest BCUT2D eigenvalue weighted by atomic mass is 19.1. The van der Waals surface area contributed by atoms with E-state index >= 15 is 0 Å². The minimum atomic E-state index is -0.478. The fourth-order valence-corrected chi connectivity index (χ4v) is 1.95. The molecular weight excluding hydrogens is 237 g/mol. The second-order valence-corrected chi connectivity index (χ2v) is 4.39. The average Bonchev–Trinajstić information content (AvgIpc) is 2.39. The predicted molar refractivity (Wildman–Crippen MR) is 66.4 cm³/mol. The maximum Gasteiger partial charge on any atom is 0.167 e. The van der Waals surface area contributed by atoms with Gasteiger partial charge in [-0.05, 0) is 18.8 Å². The van der Waals surface area contributed by atoms with Gasteiger partial charge in [0, 0.05) is 25.3 Å². The Bertz CT molecular complexity index is 405. The number of nitrogen functional groups attached to an aromatic ring is 1. The fourth-order valence-electron chi connectivity index (χ4n) is 1.95. The van der Waals surface area contributed by atoms with Crippen molar-refractivity contribution in [2.75, 3.05) is 32.7 Å². The maximum atomic E-state index is 13.3. The van der Waals surface area contributed by atoms with Crippen molar-refractivity contribution >= 4 is 5.69 Å². The first-order valence-electron chi connectivity index (χ1n) is 6.04. The molecule has 1 aliphatic rings. The summed E-state index contributed by atoms with van der Waals surface area (Å²) in [6.07, 6.45) is 1.97. The molecule has 100 valence electrons. The molecule has 2 rings (SSSR count). The number of methoxy groups -OCH3 is 1. The Morgan fingerprint density at radius 3 is 2.72 bits per heavy atom. The highest BCUT2D eigenvalue weighted by Crippen LogP contribution is 2.30. The molecule has 1 heterocycles. The second kappa shape index (κ2) is 5.91. The molecule has 18 heavy (non-hydrogen) atoms. The van der Waals surface area contributed by atoms with Crippen LogP contribution in [0, 0.1) is 11.7 Å². The molecule has 0 atom stereocenters. The average molecular weight is 255 g/mol. The molecule has 0 unspecified atom stereocenters. The molecule has 0 saturated carbocycles. The molecule has 0 aliphatic carbocycles. The summed E-state index contributed by atoms with van der Waals surface area (Å²) in [6, 6.07) is 2.71. The molecule has 0 radical (unpaired) electrons. The Morgan fingerprint density at radius 1 is 1.33 bits per heavy atom. The first kappa shape index (κ1) is 13.0. The third kappa shape index (κ3) is 3.04. The van der Waals surface area contributed by atoms with Crippen LogP contribution in [0.3, 0.4) is 0 Å². The fraction of sp³-hybridized carbons (Fsp3) is 0.538. The van der Waals surface area contributed by atoms with Crippen LogP contribution in [-0.4, -0.2) is 26.9 Å². The zero-order chi connectivity index (χ0) is 13.0. The summed E-state index contributed by atoms with van der Waals surface area (Å²) in [4.78, 5) is 0. The van der Waals surface area contributed by atoms with Crippen LogP contribution in [0.15, 0.2) is 12.1 Å². The summed E-state index contributed by atoms with van der Waals surface area (Å²) in [5.74, 6) is 0.605. The van der Waals surface area contributed by atoms with E-state index < -0.39 is 5.82 Å². The van der Waals surface area contributed by atoms with Crippen molar-refractivity contribution in [1.82, 2.24) is 0 Å². The smallest absolute Gasteiger partial charge is 0.167 e. The number of nitrogens with two attached hydrogens (primary N) is 1. The summed E-state index contributed by atoms with van der Waals surface area (Å²) in [6.45, 7) is 2.12. The van der Waals surface area contributed by atoms with Gasteiger partial charge in [-0.3, -0.25) is 0 Å². The van der Waals surface area contributed by atoms with E-state index in [1.807, 2.05) is 0 Å². The van der Waals surface area contributed by atoms with E-state index in [9.17, 15) is 4.39 Å². The van der Waals surface area contributed by atoms with Gasteiger partial charge in [0.05, 0.1) is 19.4 Å². The maximum absolute atomic E-state index is 13.3. The van der Waals surface area contributed by atoms with Gasteiger partial charge in [-0.25, -0.2) is 4.39 Å². The Hall–Kier alpha value is -1.49. The molecule has 2 N–H and O–H groups in total. The summed E-state index contributed by atoms with van der Waals surface area (Å²) < 4.78 is 29.2. The third-order valence-corrected chi connectivity index (χ3v) is 3.10. The van der Waals surface area contributed by atoms with E-state index in [4.69, 9.17) is 19.9 Å². The normalized spacial score (nSPS) is 16.6. The summed E-state index contributed by atoms with van der Waals surface area (Å²) >= 11 is 0. The highest BCUT2D eigenvalue weighted by molar-refractivity contribution is 5.56. The SMILES string of the molecule is COc1cc(OCC2CCOCC2)c(N)cc1F. The van der Waals surface area contributed by atoms with Crippen LogP contribution in [0.4, 0.5) is 10.1 Å². The van der Waals surface area contributed by atoms with Crippen molar-refractivity contribution in [3.8, 4) is 11.5 Å². The van der Waals surface area contributed by atoms with Crippen LogP contribution < -0.4 is 15.2 Å². The molecular formula is C13H18FNO3. The van der Waals surface area contributed by atoms with E-state index in [0.29, 0.717) is 24.0 Å². The van der Waals surface area contributed by atoms with E-state index in [-0.39, 0.29) is 5.75 Å². The van der Waals surface area contributed by atoms with Crippen LogP contribution in [0.1, 0.15) is 12.8 Å². The van der Waals surface area contributed by atoms with Crippen molar-refractivity contribution in [1.29, 1.82) is 0 Å². The zero-order valence-corrected chi connectivity index (χ0v) is 10.4. The second-order valence-electron chi connectivity index (χ2n) is 4.39. The van der Waals surface area contributed by atoms with Gasteiger partial charge in [0.15, 0.2) is 11.6 Å². The standard InChI is InChI=1S/C13H18FNO3/c1-16-12-7-13(11(15)6-10(12)14)18-8-9-2-4-17-5-3-9/h6-7,9H,2-5,8,15H2,1H3. The molecule has 5 heteroatoms. The molecule has 1 aromatic rings. The number of ether oxygens (including phenoxy) is 3. The quantitative estimate of drug-likeness (QED) is 0.838. The van der Waals surface area contributed by atoms with Crippen molar-refractivity contribution in [3.63, 3.8) is 0 Å². The van der Waals surface area contributed by atoms with Crippen LogP contribution >= 0.6 is 0 Å². The zero-order valence-electron chi connectivity index (χ0n) is 10.4. The van der Waals surface area contributed by atoms with Crippen molar-refractivity contribution in [2.24, 2.45) is 5.92 Å². The Balaban J connectivity index is 1.99. The van der Waals surface area contributed by atoms with Gasteiger partial charge in [-0.2, -0.15) is 0 Å². The minimum absolute atomic E-state index is 0.145. The van der Waals surface area contributed by atoms with Crippen LogP contribution in [0.25, 0.3) is 0 Å². The number of hydrogen-bond donors (Lipinski definition) is 1. The van der Waals surface area contributed by atoms with E-state index in [2.05, 4.69) is 0 Å². The number of hydrogen-bond acceptors (Lipinski definition) is 4. The number of benzene rings is 1. The lowest BCUT2D eigenvalue weighted by Crippen LogP contribution is -2.21. The van der Waals surface area contributed by atoms with Crippen LogP contribution in [0.5, 0.6) is 11.5 Å². The van der Waals surface area contributed by atoms with Crippen molar-refractivity contribution < 1.29 is 18.6 Å². The molecule has 4 nitrogen and oxygen atoms in total. The summed E-state index contributed by atoms with van der Waals surface area (Å²) in [7, 11) is 1.41. The Morgan fingerprint density at radius 2 is 2.06 bits per heavy atom. The van der Waals surface area contributed by atoms with Crippen LogP contribution in [0.2, 0.25) is 0 Å². The number of rotatable bonds is 4. The van der Waals surface area contributed by atoms with Gasteiger partial charge < -0.3 is 19.9 Å². The molecule has 0 spiro atoms. The molecule has 1 aliphatic heterocycles. The van der Waals surface area contributed by atoms with Gasteiger partial charge in [0.2, 0.25) is 0 Å². The van der Waals surface area contributed by atoms with E-state index in [0.717, 1.165) is 26.1 Å². The summed E-state index contributed by atoms with van der Waals surface area (Å²) in [5, 5.41) is 0. The number of anilines is 1. The van der Waals surface area contributed by atoms with Gasteiger partial charge in [0.25, 0.3) is 0 Å².